The van der Waals surface area contributed by atoms with Crippen LogP contribution < -0.4 is 0 Å². The van der Waals surface area contributed by atoms with E-state index < -0.39 is 0 Å². The summed E-state index contributed by atoms with van der Waals surface area (Å²) in [5.74, 6) is 0. The van der Waals surface area contributed by atoms with Crippen LogP contribution in [-0.2, 0) is 0 Å². The molecule has 0 heterocycles. The Morgan fingerprint density at radius 3 is 2.00 bits per heavy atom. The fourth-order valence-corrected chi connectivity index (χ4v) is 1.04. The molecule has 0 N–H and O–H groups in total. The molecule has 0 saturated heterocycles. The summed E-state index contributed by atoms with van der Waals surface area (Å²) in [6, 6.07) is 0. The second kappa shape index (κ2) is 5.42. The minimum Gasteiger partial charge on any atom is -0.351 e. The number of hydrogen-bond acceptors (Lipinski definition) is 1. The Morgan fingerprint density at radius 2 is 1.75 bits per heavy atom. The van der Waals surface area contributed by atoms with E-state index >= 15 is 0 Å². The molecule has 0 aromatic carbocycles. The van der Waals surface area contributed by atoms with Gasteiger partial charge in [0.15, 0.2) is 0 Å². The normalized spacial score (nSPS) is 12.6. The second-order valence-corrected chi connectivity index (χ2v) is 2.42. The summed E-state index contributed by atoms with van der Waals surface area (Å²) in [5.41, 5.74) is 2.25. The van der Waals surface area contributed by atoms with Gasteiger partial charge in [0.1, 0.15) is 0 Å². The number of rotatable bonds is 4. The Bertz CT molecular complexity index is 221. The smallest absolute Gasteiger partial charge is 0.0430 e. The molecule has 0 atom stereocenters. The number of nitrogens with zero attached hydrogens (tertiary/aromatic N) is 1. The molecule has 0 aliphatic carbocycles. The molecule has 0 aromatic heterocycles. The maximum atomic E-state index is 3.75. The average molecular weight is 163 g/mol. The molecule has 12 heavy (non-hydrogen) atoms. The largest absolute Gasteiger partial charge is 0.351 e. The summed E-state index contributed by atoms with van der Waals surface area (Å²) in [7, 11) is 1.97. The Kier molecular flexibility index (Phi) is 4.86. The van der Waals surface area contributed by atoms with Crippen LogP contribution in [0.2, 0.25) is 0 Å². The van der Waals surface area contributed by atoms with Crippen molar-refractivity contribution in [3.8, 4) is 0 Å². The lowest BCUT2D eigenvalue weighted by Gasteiger charge is -2.18. The topological polar surface area (TPSA) is 3.24 Å². The van der Waals surface area contributed by atoms with Gasteiger partial charge in [-0.1, -0.05) is 31.4 Å². The minimum atomic E-state index is 1.12. The van der Waals surface area contributed by atoms with Crippen molar-refractivity contribution in [3.05, 3.63) is 48.9 Å². The van der Waals surface area contributed by atoms with Gasteiger partial charge < -0.3 is 4.90 Å². The SMILES string of the molecule is C=CC(=C/C)/C(=C\C)N(C)C=C. The summed E-state index contributed by atoms with van der Waals surface area (Å²) >= 11 is 0. The third-order valence-electron chi connectivity index (χ3n) is 1.75. The van der Waals surface area contributed by atoms with Crippen molar-refractivity contribution in [1.82, 2.24) is 4.90 Å². The molecular weight excluding hydrogens is 146 g/mol. The molecule has 0 aliphatic rings. The average Bonchev–Trinajstić information content (AvgIpc) is 2.12. The zero-order chi connectivity index (χ0) is 9.56. The molecule has 66 valence electrons. The van der Waals surface area contributed by atoms with E-state index in [-0.39, 0.29) is 0 Å². The van der Waals surface area contributed by atoms with E-state index in [1.807, 2.05) is 44.0 Å². The fraction of sp³-hybridized carbons (Fsp3) is 0.273. The number of allylic oxidation sites excluding steroid dienone is 3. The third kappa shape index (κ3) is 2.42. The van der Waals surface area contributed by atoms with E-state index in [4.69, 9.17) is 0 Å². The van der Waals surface area contributed by atoms with Gasteiger partial charge >= 0.3 is 0 Å². The van der Waals surface area contributed by atoms with Crippen molar-refractivity contribution in [1.29, 1.82) is 0 Å². The summed E-state index contributed by atoms with van der Waals surface area (Å²) in [5, 5.41) is 0. The first kappa shape index (κ1) is 10.8. The molecule has 0 radical (unpaired) electrons. The maximum Gasteiger partial charge on any atom is 0.0430 e. The van der Waals surface area contributed by atoms with E-state index in [0.717, 1.165) is 11.3 Å². The van der Waals surface area contributed by atoms with Gasteiger partial charge in [0.25, 0.3) is 0 Å². The Hall–Kier alpha value is -1.24. The molecule has 0 unspecified atom stereocenters. The minimum absolute atomic E-state index is 1.12. The van der Waals surface area contributed by atoms with Gasteiger partial charge in [-0.3, -0.25) is 0 Å². The second-order valence-electron chi connectivity index (χ2n) is 2.42. The molecule has 0 fully saturated rings. The number of likely N-dealkylation sites (N-methyl/N-ethyl adjacent to an activating group) is 1. The summed E-state index contributed by atoms with van der Waals surface area (Å²) in [4.78, 5) is 1.97. The van der Waals surface area contributed by atoms with Crippen LogP contribution in [0.1, 0.15) is 13.8 Å². The van der Waals surface area contributed by atoms with Gasteiger partial charge in [0, 0.05) is 12.7 Å². The highest BCUT2D eigenvalue weighted by Crippen LogP contribution is 2.14. The van der Waals surface area contributed by atoms with Crippen LogP contribution in [0.3, 0.4) is 0 Å². The van der Waals surface area contributed by atoms with Gasteiger partial charge in [-0.15, -0.1) is 0 Å². The molecule has 1 heteroatoms. The van der Waals surface area contributed by atoms with Crippen LogP contribution in [0.5, 0.6) is 0 Å². The van der Waals surface area contributed by atoms with Crippen LogP contribution in [0.4, 0.5) is 0 Å². The molecule has 0 spiro atoms. The quantitative estimate of drug-likeness (QED) is 0.576. The predicted octanol–water partition coefficient (Wildman–Crippen LogP) is 3.10. The Balaban J connectivity index is 4.79. The Morgan fingerprint density at radius 1 is 1.17 bits per heavy atom. The summed E-state index contributed by atoms with van der Waals surface area (Å²) in [6.07, 6.45) is 7.69. The molecule has 0 aromatic rings. The lowest BCUT2D eigenvalue weighted by Crippen LogP contribution is -2.10. The summed E-state index contributed by atoms with van der Waals surface area (Å²) < 4.78 is 0. The predicted molar refractivity (Wildman–Crippen MR) is 55.7 cm³/mol. The fourth-order valence-electron chi connectivity index (χ4n) is 1.04. The van der Waals surface area contributed by atoms with E-state index in [0.29, 0.717) is 0 Å². The molecule has 1 nitrogen and oxygen atoms in total. The molecule has 0 amide bonds. The van der Waals surface area contributed by atoms with Crippen LogP contribution in [-0.4, -0.2) is 11.9 Å². The third-order valence-corrected chi connectivity index (χ3v) is 1.75. The van der Waals surface area contributed by atoms with Crippen LogP contribution in [0, 0.1) is 0 Å². The Labute approximate surface area is 75.4 Å². The monoisotopic (exact) mass is 163 g/mol. The van der Waals surface area contributed by atoms with E-state index in [1.54, 1.807) is 6.20 Å². The molecular formula is C11H17N. The van der Waals surface area contributed by atoms with E-state index in [2.05, 4.69) is 13.2 Å². The summed E-state index contributed by atoms with van der Waals surface area (Å²) in [6.45, 7) is 11.5. The zero-order valence-corrected chi connectivity index (χ0v) is 8.17. The highest BCUT2D eigenvalue weighted by Gasteiger charge is 2.01. The highest BCUT2D eigenvalue weighted by molar-refractivity contribution is 5.37. The van der Waals surface area contributed by atoms with Crippen LogP contribution in [0.25, 0.3) is 0 Å². The molecule has 0 aliphatic heterocycles. The van der Waals surface area contributed by atoms with Gasteiger partial charge in [-0.2, -0.15) is 0 Å². The van der Waals surface area contributed by atoms with Crippen molar-refractivity contribution >= 4 is 0 Å². The first-order valence-corrected chi connectivity index (χ1v) is 4.02. The van der Waals surface area contributed by atoms with Crippen molar-refractivity contribution in [2.75, 3.05) is 7.05 Å². The van der Waals surface area contributed by atoms with Crippen molar-refractivity contribution < 1.29 is 0 Å². The number of hydrogen-bond donors (Lipinski definition) is 0. The first-order chi connectivity index (χ1) is 5.71. The standard InChI is InChI=1S/C11H17N/c1-6-10(7-2)11(8-3)12(5)9-4/h6-9H,1,4H2,2-3,5H3/b10-7-,11-8+. The van der Waals surface area contributed by atoms with E-state index in [1.165, 1.54) is 0 Å². The van der Waals surface area contributed by atoms with Crippen molar-refractivity contribution in [2.24, 2.45) is 0 Å². The lowest BCUT2D eigenvalue weighted by atomic mass is 10.1. The zero-order valence-electron chi connectivity index (χ0n) is 8.17. The van der Waals surface area contributed by atoms with Gasteiger partial charge in [-0.05, 0) is 25.6 Å². The van der Waals surface area contributed by atoms with Gasteiger partial charge in [0.05, 0.1) is 0 Å². The first-order valence-electron chi connectivity index (χ1n) is 4.02. The van der Waals surface area contributed by atoms with Gasteiger partial charge in [-0.25, -0.2) is 0 Å². The molecule has 0 saturated carbocycles. The van der Waals surface area contributed by atoms with E-state index in [9.17, 15) is 0 Å². The highest BCUT2D eigenvalue weighted by atomic mass is 15.1. The van der Waals surface area contributed by atoms with Crippen molar-refractivity contribution in [2.45, 2.75) is 13.8 Å². The molecule has 0 bridgehead atoms. The van der Waals surface area contributed by atoms with Crippen molar-refractivity contribution in [3.63, 3.8) is 0 Å². The lowest BCUT2D eigenvalue weighted by molar-refractivity contribution is 0.582. The van der Waals surface area contributed by atoms with Crippen LogP contribution >= 0.6 is 0 Å². The van der Waals surface area contributed by atoms with Crippen LogP contribution in [0.15, 0.2) is 48.9 Å². The molecule has 0 rings (SSSR count). The maximum absolute atomic E-state index is 3.75. The van der Waals surface area contributed by atoms with Gasteiger partial charge in [0.2, 0.25) is 0 Å².